The Hall–Kier alpha value is 1.80. The van der Waals surface area contributed by atoms with Crippen molar-refractivity contribution in [2.45, 2.75) is 12.8 Å². The van der Waals surface area contributed by atoms with Crippen LogP contribution in [0.1, 0.15) is 12.8 Å². The molecule has 0 aromatic carbocycles. The molecule has 0 saturated heterocycles. The maximum atomic E-state index is 9.49. The van der Waals surface area contributed by atoms with E-state index in [1.165, 1.54) is 0 Å². The first-order valence-electron chi connectivity index (χ1n) is 1.79. The first-order chi connectivity index (χ1) is 2.41. The molecule has 0 atom stereocenters. The van der Waals surface area contributed by atoms with Gasteiger partial charge in [-0.15, -0.1) is 6.61 Å². The molecule has 0 amide bonds. The summed E-state index contributed by atoms with van der Waals surface area (Å²) in [7, 11) is 0. The van der Waals surface area contributed by atoms with Gasteiger partial charge in [0.05, 0.1) is 0 Å². The van der Waals surface area contributed by atoms with Crippen molar-refractivity contribution in [3.8, 4) is 0 Å². The van der Waals surface area contributed by atoms with Gasteiger partial charge in [-0.25, -0.2) is 0 Å². The second-order valence-corrected chi connectivity index (χ2v) is 0.911. The van der Waals surface area contributed by atoms with Gasteiger partial charge in [0, 0.05) is 0 Å². The topological polar surface area (TPSA) is 23.1 Å². The van der Waals surface area contributed by atoms with E-state index >= 15 is 0 Å². The van der Waals surface area contributed by atoms with Crippen LogP contribution in [-0.4, -0.2) is 29.7 Å². The van der Waals surface area contributed by atoms with Crippen molar-refractivity contribution in [1.29, 1.82) is 0 Å². The minimum atomic E-state index is 0. The second kappa shape index (κ2) is 23.2. The van der Waals surface area contributed by atoms with Crippen LogP contribution in [-0.2, 0) is 0 Å². The summed E-state index contributed by atoms with van der Waals surface area (Å²) in [6.07, 6.45) is 1.50. The molecule has 40 valence electrons. The quantitative estimate of drug-likeness (QED) is 0.308. The fraction of sp³-hybridized carbons (Fsp3) is 0.750. The molecule has 0 N–H and O–H groups in total. The number of rotatable bonds is 2. The number of hydrogen-bond donors (Lipinski definition) is 0. The average molecular weight is 183 g/mol. The van der Waals surface area contributed by atoms with Crippen molar-refractivity contribution in [2.24, 2.45) is 0 Å². The van der Waals surface area contributed by atoms with Crippen LogP contribution in [0.4, 0.5) is 0 Å². The molecular formula is C4H8BrLiMgO. The summed E-state index contributed by atoms with van der Waals surface area (Å²) < 4.78 is 0. The zero-order chi connectivity index (χ0) is 4.12. The van der Waals surface area contributed by atoms with E-state index in [1.54, 1.807) is 0 Å². The van der Waals surface area contributed by atoms with Crippen molar-refractivity contribution in [3.63, 3.8) is 0 Å². The number of halogens is 1. The third-order valence-electron chi connectivity index (χ3n) is 0.394. The maximum absolute atomic E-state index is 9.49. The van der Waals surface area contributed by atoms with Gasteiger partial charge < -0.3 is 29.0 Å². The smallest absolute Gasteiger partial charge is 1.00 e. The summed E-state index contributed by atoms with van der Waals surface area (Å²) in [6, 6.07) is 0. The molecule has 0 aromatic rings. The van der Waals surface area contributed by atoms with E-state index in [0.29, 0.717) is 0 Å². The van der Waals surface area contributed by atoms with Gasteiger partial charge in [-0.2, -0.15) is 6.42 Å². The maximum Gasteiger partial charge on any atom is 2.00 e. The van der Waals surface area contributed by atoms with Crippen LogP contribution in [0.25, 0.3) is 0 Å². The molecule has 0 rings (SSSR count). The van der Waals surface area contributed by atoms with E-state index in [9.17, 15) is 5.11 Å². The van der Waals surface area contributed by atoms with Gasteiger partial charge in [-0.3, -0.25) is 0 Å². The second-order valence-electron chi connectivity index (χ2n) is 0.911. The van der Waals surface area contributed by atoms with Crippen LogP contribution >= 0.6 is 0 Å². The predicted molar refractivity (Wildman–Crippen MR) is 25.2 cm³/mol. The Kier molecular flexibility index (Phi) is 65.5. The Morgan fingerprint density at radius 2 is 1.75 bits per heavy atom. The minimum absolute atomic E-state index is 0. The molecule has 0 aliphatic carbocycles. The molecule has 0 fully saturated rings. The summed E-state index contributed by atoms with van der Waals surface area (Å²) >= 11 is 0. The number of hydrogen-bond acceptors (Lipinski definition) is 1. The van der Waals surface area contributed by atoms with Crippen LogP contribution in [0.2, 0.25) is 0 Å². The van der Waals surface area contributed by atoms with Gasteiger partial charge in [0.2, 0.25) is 0 Å². The van der Waals surface area contributed by atoms with Crippen molar-refractivity contribution in [3.05, 3.63) is 6.92 Å². The summed E-state index contributed by atoms with van der Waals surface area (Å²) in [5, 5.41) is 9.49. The predicted octanol–water partition coefficient (Wildman–Crippen LogP) is -6.41. The average Bonchev–Trinajstić information content (AvgIpc) is 1.41. The molecule has 0 radical (unpaired) electrons. The third-order valence-corrected chi connectivity index (χ3v) is 0.394. The van der Waals surface area contributed by atoms with Crippen molar-refractivity contribution in [2.75, 3.05) is 6.61 Å². The van der Waals surface area contributed by atoms with E-state index < -0.39 is 0 Å². The fourth-order valence-corrected chi connectivity index (χ4v) is 0.102. The van der Waals surface area contributed by atoms with Crippen LogP contribution in [0.3, 0.4) is 0 Å². The molecule has 0 bridgehead atoms. The Balaban J connectivity index is -0.0000000267. The van der Waals surface area contributed by atoms with E-state index in [0.717, 1.165) is 12.8 Å². The van der Waals surface area contributed by atoms with Gasteiger partial charge in [0.1, 0.15) is 0 Å². The van der Waals surface area contributed by atoms with Crippen molar-refractivity contribution < 1.29 is 40.9 Å². The third kappa shape index (κ3) is 25.0. The molecule has 0 unspecified atom stereocenters. The number of unbranched alkanes of at least 4 members (excludes halogenated alkanes) is 1. The largest absolute Gasteiger partial charge is 2.00 e. The molecule has 0 saturated carbocycles. The van der Waals surface area contributed by atoms with Crippen molar-refractivity contribution in [1.82, 2.24) is 0 Å². The van der Waals surface area contributed by atoms with Gasteiger partial charge in [-0.05, 0) is 0 Å². The molecule has 0 heterocycles. The molecule has 0 aromatic heterocycles. The Morgan fingerprint density at radius 1 is 1.38 bits per heavy atom. The SMILES string of the molecule is [Br-].[CH2-]CCC[O-].[Li+].[Mg+2]. The molecule has 0 aliphatic heterocycles. The first kappa shape index (κ1) is 22.6. The summed E-state index contributed by atoms with van der Waals surface area (Å²) in [6.45, 7) is 3.51. The summed E-state index contributed by atoms with van der Waals surface area (Å²) in [5.41, 5.74) is 0. The van der Waals surface area contributed by atoms with Gasteiger partial charge >= 0.3 is 41.9 Å². The van der Waals surface area contributed by atoms with Gasteiger partial charge in [-0.1, -0.05) is 6.42 Å². The molecule has 0 aliphatic rings. The zero-order valence-corrected chi connectivity index (χ0v) is 8.32. The van der Waals surface area contributed by atoms with Crippen LogP contribution in [0.15, 0.2) is 0 Å². The summed E-state index contributed by atoms with van der Waals surface area (Å²) in [5.74, 6) is 0. The van der Waals surface area contributed by atoms with E-state index in [4.69, 9.17) is 0 Å². The van der Waals surface area contributed by atoms with Gasteiger partial charge in [0.25, 0.3) is 0 Å². The normalized spacial score (nSPS) is 5.25. The van der Waals surface area contributed by atoms with E-state index in [2.05, 4.69) is 6.92 Å². The molecule has 4 heteroatoms. The Bertz CT molecular complexity index is 23.5. The van der Waals surface area contributed by atoms with Crippen LogP contribution < -0.4 is 40.9 Å². The van der Waals surface area contributed by atoms with E-state index in [-0.39, 0.29) is 65.5 Å². The van der Waals surface area contributed by atoms with E-state index in [1.807, 2.05) is 0 Å². The minimum Gasteiger partial charge on any atom is -1.00 e. The van der Waals surface area contributed by atoms with Crippen LogP contribution in [0, 0.1) is 6.92 Å². The summed E-state index contributed by atoms with van der Waals surface area (Å²) in [4.78, 5) is 0. The standard InChI is InChI=1S/C4H8O.BrH.Li.Mg/c1-2-3-4-5;;;/h1-4H2;1H;;/q-2;;+1;+2/p-1. The monoisotopic (exact) mass is 182 g/mol. The Labute approximate surface area is 89.7 Å². The molecule has 1 nitrogen and oxygen atoms in total. The Morgan fingerprint density at radius 3 is 1.75 bits per heavy atom. The molecule has 8 heavy (non-hydrogen) atoms. The van der Waals surface area contributed by atoms with Gasteiger partial charge in [0.15, 0.2) is 0 Å². The first-order valence-corrected chi connectivity index (χ1v) is 1.79. The fourth-order valence-electron chi connectivity index (χ4n) is 0.102. The molecule has 0 spiro atoms. The van der Waals surface area contributed by atoms with Crippen LogP contribution in [0.5, 0.6) is 0 Å². The zero-order valence-electron chi connectivity index (χ0n) is 5.32. The van der Waals surface area contributed by atoms with Crippen molar-refractivity contribution >= 4 is 23.1 Å². The molecular weight excluding hydrogens is 175 g/mol.